The van der Waals surface area contributed by atoms with Crippen LogP contribution in [0.15, 0.2) is 47.4 Å². The highest BCUT2D eigenvalue weighted by atomic mass is 35.5. The van der Waals surface area contributed by atoms with Gasteiger partial charge in [0.25, 0.3) is 5.69 Å². The van der Waals surface area contributed by atoms with Gasteiger partial charge in [-0.3, -0.25) is 14.9 Å². The number of ketones is 1. The molecule has 0 bridgehead atoms. The molecule has 0 atom stereocenters. The first kappa shape index (κ1) is 21.2. The summed E-state index contributed by atoms with van der Waals surface area (Å²) in [6.45, 7) is 1.07. The molecule has 9 nitrogen and oxygen atoms in total. The first-order chi connectivity index (χ1) is 13.8. The standard InChI is InChI=1S/C18H18ClN3O6S/c19-16-11-14(4-5-17(16)22(24)25)20-12-18(23)13-2-1-3-15(10-13)29(26,27)21-6-8-28-9-7-21/h1-5,10-11,20H,6-9,12H2. The average Bonchev–Trinajstić information content (AvgIpc) is 2.72. The summed E-state index contributed by atoms with van der Waals surface area (Å²) < 4.78 is 32.0. The molecule has 1 N–H and O–H groups in total. The molecule has 1 fully saturated rings. The largest absolute Gasteiger partial charge is 0.379 e. The van der Waals surface area contributed by atoms with Gasteiger partial charge in [-0.2, -0.15) is 4.31 Å². The van der Waals surface area contributed by atoms with Gasteiger partial charge >= 0.3 is 0 Å². The van der Waals surface area contributed by atoms with Crippen molar-refractivity contribution < 1.29 is 22.9 Å². The molecule has 1 saturated heterocycles. The fourth-order valence-electron chi connectivity index (χ4n) is 2.82. The Balaban J connectivity index is 1.71. The Morgan fingerprint density at radius 1 is 1.21 bits per heavy atom. The summed E-state index contributed by atoms with van der Waals surface area (Å²) in [6.07, 6.45) is 0. The molecule has 1 heterocycles. The van der Waals surface area contributed by atoms with E-state index in [1.807, 2.05) is 0 Å². The second kappa shape index (κ2) is 8.87. The van der Waals surface area contributed by atoms with Crippen LogP contribution < -0.4 is 5.32 Å². The van der Waals surface area contributed by atoms with E-state index in [0.29, 0.717) is 18.9 Å². The second-order valence-electron chi connectivity index (χ2n) is 6.24. The lowest BCUT2D eigenvalue weighted by molar-refractivity contribution is -0.384. The summed E-state index contributed by atoms with van der Waals surface area (Å²) in [5.41, 5.74) is 0.440. The van der Waals surface area contributed by atoms with Gasteiger partial charge in [-0.1, -0.05) is 23.7 Å². The molecule has 29 heavy (non-hydrogen) atoms. The molecule has 0 radical (unpaired) electrons. The molecule has 0 aliphatic carbocycles. The summed E-state index contributed by atoms with van der Waals surface area (Å²) >= 11 is 5.85. The highest BCUT2D eigenvalue weighted by Gasteiger charge is 2.26. The average molecular weight is 440 g/mol. The molecule has 0 aromatic heterocycles. The predicted octanol–water partition coefficient (Wildman–Crippen LogP) is 2.56. The molecule has 154 valence electrons. The number of Topliss-reactive ketones (excluding diaryl/α,β-unsaturated/α-hetero) is 1. The molecule has 3 rings (SSSR count). The van der Waals surface area contributed by atoms with Crippen LogP contribution in [0.25, 0.3) is 0 Å². The van der Waals surface area contributed by atoms with E-state index in [-0.39, 0.29) is 46.6 Å². The van der Waals surface area contributed by atoms with Crippen LogP contribution in [0.4, 0.5) is 11.4 Å². The van der Waals surface area contributed by atoms with E-state index >= 15 is 0 Å². The van der Waals surface area contributed by atoms with Crippen molar-refractivity contribution >= 4 is 38.8 Å². The van der Waals surface area contributed by atoms with Gasteiger partial charge in [0, 0.05) is 30.4 Å². The van der Waals surface area contributed by atoms with Crippen LogP contribution in [-0.4, -0.2) is 56.3 Å². The van der Waals surface area contributed by atoms with Crippen molar-refractivity contribution in [1.82, 2.24) is 4.31 Å². The maximum absolute atomic E-state index is 12.7. The monoisotopic (exact) mass is 439 g/mol. The lowest BCUT2D eigenvalue weighted by Gasteiger charge is -2.26. The zero-order valence-electron chi connectivity index (χ0n) is 15.2. The number of nitrogens with one attached hydrogen (secondary N) is 1. The minimum absolute atomic E-state index is 0.0450. The molecule has 11 heteroatoms. The number of carbonyl (C=O) groups is 1. The number of hydrogen-bond acceptors (Lipinski definition) is 7. The smallest absolute Gasteiger partial charge is 0.288 e. The summed E-state index contributed by atoms with van der Waals surface area (Å²) in [5, 5.41) is 13.6. The number of morpholine rings is 1. The number of nitro benzene ring substituents is 1. The number of nitro groups is 1. The van der Waals surface area contributed by atoms with Crippen LogP contribution in [0.2, 0.25) is 5.02 Å². The molecule has 2 aromatic carbocycles. The van der Waals surface area contributed by atoms with E-state index in [1.165, 1.54) is 46.8 Å². The molecular formula is C18H18ClN3O6S. The zero-order valence-corrected chi connectivity index (χ0v) is 16.8. The molecular weight excluding hydrogens is 422 g/mol. The molecule has 0 spiro atoms. The topological polar surface area (TPSA) is 119 Å². The van der Waals surface area contributed by atoms with Crippen molar-refractivity contribution in [1.29, 1.82) is 0 Å². The Morgan fingerprint density at radius 3 is 2.59 bits per heavy atom. The van der Waals surface area contributed by atoms with E-state index in [1.54, 1.807) is 0 Å². The minimum Gasteiger partial charge on any atom is -0.379 e. The van der Waals surface area contributed by atoms with Crippen LogP contribution >= 0.6 is 11.6 Å². The summed E-state index contributed by atoms with van der Waals surface area (Å²) in [4.78, 5) is 22.7. The molecule has 0 saturated carbocycles. The maximum Gasteiger partial charge on any atom is 0.288 e. The Bertz CT molecular complexity index is 1040. The van der Waals surface area contributed by atoms with Crippen LogP contribution in [0.1, 0.15) is 10.4 Å². The van der Waals surface area contributed by atoms with E-state index in [2.05, 4.69) is 5.32 Å². The first-order valence-corrected chi connectivity index (χ1v) is 10.5. The fraction of sp³-hybridized carbons (Fsp3) is 0.278. The number of nitrogens with zero attached hydrogens (tertiary/aromatic N) is 2. The van der Waals surface area contributed by atoms with Gasteiger partial charge in [0.05, 0.1) is 29.6 Å². The third-order valence-electron chi connectivity index (χ3n) is 4.36. The van der Waals surface area contributed by atoms with Crippen molar-refractivity contribution in [3.05, 3.63) is 63.2 Å². The number of halogens is 1. The van der Waals surface area contributed by atoms with Crippen molar-refractivity contribution in [2.75, 3.05) is 38.2 Å². The van der Waals surface area contributed by atoms with E-state index in [4.69, 9.17) is 16.3 Å². The molecule has 1 aliphatic rings. The fourth-order valence-corrected chi connectivity index (χ4v) is 4.52. The number of anilines is 1. The molecule has 0 amide bonds. The SMILES string of the molecule is O=C(CNc1ccc([N+](=O)[O-])c(Cl)c1)c1cccc(S(=O)(=O)N2CCOCC2)c1. The lowest BCUT2D eigenvalue weighted by Crippen LogP contribution is -2.40. The van der Waals surface area contributed by atoms with Crippen molar-refractivity contribution in [3.8, 4) is 0 Å². The maximum atomic E-state index is 12.7. The summed E-state index contributed by atoms with van der Waals surface area (Å²) in [6, 6.07) is 9.88. The van der Waals surface area contributed by atoms with Gasteiger partial charge in [0.15, 0.2) is 5.78 Å². The third-order valence-corrected chi connectivity index (χ3v) is 6.56. The quantitative estimate of drug-likeness (QED) is 0.400. The van der Waals surface area contributed by atoms with E-state index in [9.17, 15) is 23.3 Å². The number of hydrogen-bond donors (Lipinski definition) is 1. The number of ether oxygens (including phenoxy) is 1. The molecule has 2 aromatic rings. The predicted molar refractivity (Wildman–Crippen MR) is 107 cm³/mol. The van der Waals surface area contributed by atoms with E-state index in [0.717, 1.165) is 0 Å². The summed E-state index contributed by atoms with van der Waals surface area (Å²) in [5.74, 6) is -0.335. The van der Waals surface area contributed by atoms with Gasteiger partial charge < -0.3 is 10.1 Å². The Morgan fingerprint density at radius 2 is 1.93 bits per heavy atom. The Hall–Kier alpha value is -2.53. The van der Waals surface area contributed by atoms with Gasteiger partial charge in [-0.05, 0) is 24.3 Å². The second-order valence-corrected chi connectivity index (χ2v) is 8.59. The van der Waals surface area contributed by atoms with Gasteiger partial charge in [-0.25, -0.2) is 8.42 Å². The number of benzene rings is 2. The highest BCUT2D eigenvalue weighted by Crippen LogP contribution is 2.27. The van der Waals surface area contributed by atoms with Gasteiger partial charge in [0.1, 0.15) is 5.02 Å². The lowest BCUT2D eigenvalue weighted by atomic mass is 10.1. The summed E-state index contributed by atoms with van der Waals surface area (Å²) in [7, 11) is -3.70. The van der Waals surface area contributed by atoms with Crippen LogP contribution in [0.3, 0.4) is 0 Å². The van der Waals surface area contributed by atoms with Crippen molar-refractivity contribution in [3.63, 3.8) is 0 Å². The molecule has 1 aliphatic heterocycles. The highest BCUT2D eigenvalue weighted by molar-refractivity contribution is 7.89. The minimum atomic E-state index is -3.70. The number of rotatable bonds is 7. The van der Waals surface area contributed by atoms with Crippen molar-refractivity contribution in [2.24, 2.45) is 0 Å². The van der Waals surface area contributed by atoms with Crippen LogP contribution in [-0.2, 0) is 14.8 Å². The van der Waals surface area contributed by atoms with Crippen molar-refractivity contribution in [2.45, 2.75) is 4.90 Å². The van der Waals surface area contributed by atoms with Gasteiger partial charge in [0.2, 0.25) is 10.0 Å². The zero-order chi connectivity index (χ0) is 21.0. The third kappa shape index (κ3) is 4.91. The van der Waals surface area contributed by atoms with Gasteiger partial charge in [-0.15, -0.1) is 0 Å². The number of sulfonamides is 1. The normalized spacial score (nSPS) is 15.1. The van der Waals surface area contributed by atoms with Crippen LogP contribution in [0, 0.1) is 10.1 Å². The first-order valence-electron chi connectivity index (χ1n) is 8.68. The Kier molecular flexibility index (Phi) is 6.48. The number of carbonyl (C=O) groups excluding carboxylic acids is 1. The van der Waals surface area contributed by atoms with Crippen LogP contribution in [0.5, 0.6) is 0 Å². The molecule has 0 unspecified atom stereocenters. The Labute approximate surface area is 172 Å². The van der Waals surface area contributed by atoms with E-state index < -0.39 is 14.9 Å².